The number of hydrogen-bond acceptors (Lipinski definition) is 6. The van der Waals surface area contributed by atoms with Gasteiger partial charge in [-0.3, -0.25) is 9.52 Å². The van der Waals surface area contributed by atoms with Gasteiger partial charge >= 0.3 is 0 Å². The number of nitrogens with one attached hydrogen (secondary N) is 1. The van der Waals surface area contributed by atoms with Crippen LogP contribution < -0.4 is 9.46 Å². The molecule has 4 rings (SSSR count). The quantitative estimate of drug-likeness (QED) is 0.491. The summed E-state index contributed by atoms with van der Waals surface area (Å²) in [4.78, 5) is 17.8. The van der Waals surface area contributed by atoms with Gasteiger partial charge in [-0.15, -0.1) is 0 Å². The van der Waals surface area contributed by atoms with Crippen molar-refractivity contribution >= 4 is 21.6 Å². The monoisotopic (exact) mass is 543 g/mol. The van der Waals surface area contributed by atoms with Crippen LogP contribution in [0.4, 0.5) is 5.69 Å². The van der Waals surface area contributed by atoms with Crippen molar-refractivity contribution in [2.75, 3.05) is 38.0 Å². The highest BCUT2D eigenvalue weighted by atomic mass is 32.2. The molecule has 0 radical (unpaired) electrons. The maximum Gasteiger partial charge on any atom is 0.261 e. The molecule has 3 atom stereocenters. The molecule has 0 spiro atoms. The highest BCUT2D eigenvalue weighted by Gasteiger charge is 2.34. The average molecular weight is 544 g/mol. The molecule has 0 unspecified atom stereocenters. The number of benzene rings is 2. The van der Waals surface area contributed by atoms with E-state index in [-0.39, 0.29) is 46.7 Å². The number of sulfonamides is 1. The Kier molecular flexibility index (Phi) is 9.33. The fourth-order valence-electron chi connectivity index (χ4n) is 5.51. The third kappa shape index (κ3) is 6.87. The van der Waals surface area contributed by atoms with Crippen LogP contribution in [0.5, 0.6) is 5.75 Å². The Morgan fingerprint density at radius 2 is 1.82 bits per heavy atom. The standard InChI is InChI=1S/C29H41N3O5S/c1-21-17-32(22(2)20-33)29(34)26-16-24(30-38(35,36)25-12-8-5-9-13-25)14-15-27(26)37-28(21)19-31(3)18-23-10-6-4-7-11-23/h5,8-9,12-16,21-23,28,30,33H,4,6-7,10-11,17-20H2,1-3H3/t21-,22+,28+/m1/s1. The first kappa shape index (κ1) is 28.4. The molecular formula is C29H41N3O5S. The minimum Gasteiger partial charge on any atom is -0.488 e. The summed E-state index contributed by atoms with van der Waals surface area (Å²) in [5, 5.41) is 9.90. The number of aliphatic hydroxyl groups is 1. The van der Waals surface area contributed by atoms with Gasteiger partial charge in [0.1, 0.15) is 11.9 Å². The summed E-state index contributed by atoms with van der Waals surface area (Å²) < 4.78 is 34.9. The van der Waals surface area contributed by atoms with Gasteiger partial charge in [0.25, 0.3) is 15.9 Å². The molecule has 2 aromatic rings. The number of carbonyl (C=O) groups excluding carboxylic acids is 1. The van der Waals surface area contributed by atoms with E-state index >= 15 is 0 Å². The molecule has 1 saturated carbocycles. The van der Waals surface area contributed by atoms with Gasteiger partial charge in [0.15, 0.2) is 0 Å². The van der Waals surface area contributed by atoms with Crippen LogP contribution in [0.3, 0.4) is 0 Å². The number of amides is 1. The predicted molar refractivity (Wildman–Crippen MR) is 149 cm³/mol. The summed E-state index contributed by atoms with van der Waals surface area (Å²) >= 11 is 0. The number of hydrogen-bond donors (Lipinski definition) is 2. The molecule has 0 bridgehead atoms. The lowest BCUT2D eigenvalue weighted by atomic mass is 9.89. The number of likely N-dealkylation sites (N-methyl/N-ethyl adjacent to an activating group) is 1. The normalized spacial score (nSPS) is 21.8. The molecule has 1 amide bonds. The van der Waals surface area contributed by atoms with Crippen LogP contribution in [0.2, 0.25) is 0 Å². The number of aliphatic hydroxyl groups excluding tert-OH is 1. The van der Waals surface area contributed by atoms with Crippen LogP contribution >= 0.6 is 0 Å². The second-order valence-corrected chi connectivity index (χ2v) is 12.7. The summed E-state index contributed by atoms with van der Waals surface area (Å²) in [5.74, 6) is 0.877. The van der Waals surface area contributed by atoms with E-state index in [1.54, 1.807) is 35.2 Å². The molecule has 1 aliphatic heterocycles. The van der Waals surface area contributed by atoms with Crippen LogP contribution in [0.25, 0.3) is 0 Å². The number of rotatable bonds is 9. The fourth-order valence-corrected chi connectivity index (χ4v) is 6.58. The van der Waals surface area contributed by atoms with Gasteiger partial charge in [-0.05, 0) is 63.1 Å². The van der Waals surface area contributed by atoms with Crippen molar-refractivity contribution in [3.63, 3.8) is 0 Å². The van der Waals surface area contributed by atoms with E-state index in [0.29, 0.717) is 18.2 Å². The SMILES string of the molecule is C[C@@H]1CN([C@@H](C)CO)C(=O)c2cc(NS(=O)(=O)c3ccccc3)ccc2O[C@H]1CN(C)CC1CCCCC1. The first-order valence-corrected chi connectivity index (χ1v) is 15.1. The van der Waals surface area contributed by atoms with Crippen LogP contribution in [0.1, 0.15) is 56.3 Å². The van der Waals surface area contributed by atoms with Gasteiger partial charge in [-0.25, -0.2) is 8.42 Å². The maximum atomic E-state index is 13.7. The van der Waals surface area contributed by atoms with Gasteiger partial charge < -0.3 is 19.6 Å². The second-order valence-electron chi connectivity index (χ2n) is 11.0. The number of ether oxygens (including phenoxy) is 1. The first-order chi connectivity index (χ1) is 18.2. The summed E-state index contributed by atoms with van der Waals surface area (Å²) in [7, 11) is -1.69. The summed E-state index contributed by atoms with van der Waals surface area (Å²) in [5.41, 5.74) is 0.561. The molecule has 9 heteroatoms. The fraction of sp³-hybridized carbons (Fsp3) is 0.552. The number of nitrogens with zero attached hydrogens (tertiary/aromatic N) is 2. The minimum absolute atomic E-state index is 0.0335. The smallest absolute Gasteiger partial charge is 0.261 e. The van der Waals surface area contributed by atoms with Gasteiger partial charge in [-0.2, -0.15) is 0 Å². The first-order valence-electron chi connectivity index (χ1n) is 13.7. The second kappa shape index (κ2) is 12.5. The van der Waals surface area contributed by atoms with Gasteiger partial charge in [0.05, 0.1) is 23.1 Å². The number of fused-ring (bicyclic) bond motifs is 1. The lowest BCUT2D eigenvalue weighted by molar-refractivity contribution is 0.0330. The van der Waals surface area contributed by atoms with E-state index in [2.05, 4.69) is 23.6 Å². The zero-order valence-corrected chi connectivity index (χ0v) is 23.5. The highest BCUT2D eigenvalue weighted by Crippen LogP contribution is 2.32. The van der Waals surface area contributed by atoms with Crippen molar-refractivity contribution in [3.05, 3.63) is 54.1 Å². The van der Waals surface area contributed by atoms with Crippen molar-refractivity contribution in [1.29, 1.82) is 0 Å². The molecule has 38 heavy (non-hydrogen) atoms. The highest BCUT2D eigenvalue weighted by molar-refractivity contribution is 7.92. The number of anilines is 1. The molecule has 2 aromatic carbocycles. The summed E-state index contributed by atoms with van der Waals surface area (Å²) in [6.07, 6.45) is 6.30. The van der Waals surface area contributed by atoms with Crippen LogP contribution in [0.15, 0.2) is 53.4 Å². The zero-order valence-electron chi connectivity index (χ0n) is 22.7. The summed E-state index contributed by atoms with van der Waals surface area (Å²) in [6, 6.07) is 12.6. The van der Waals surface area contributed by atoms with E-state index < -0.39 is 10.0 Å². The van der Waals surface area contributed by atoms with E-state index in [0.717, 1.165) is 13.1 Å². The lowest BCUT2D eigenvalue weighted by Gasteiger charge is -2.38. The maximum absolute atomic E-state index is 13.7. The van der Waals surface area contributed by atoms with E-state index in [1.165, 1.54) is 50.3 Å². The predicted octanol–water partition coefficient (Wildman–Crippen LogP) is 4.22. The Morgan fingerprint density at radius 3 is 2.50 bits per heavy atom. The molecule has 0 saturated heterocycles. The van der Waals surface area contributed by atoms with E-state index in [9.17, 15) is 18.3 Å². The van der Waals surface area contributed by atoms with Crippen LogP contribution in [-0.2, 0) is 10.0 Å². The molecular weight excluding hydrogens is 502 g/mol. The van der Waals surface area contributed by atoms with Crippen molar-refractivity contribution in [2.24, 2.45) is 11.8 Å². The molecule has 2 aliphatic rings. The van der Waals surface area contributed by atoms with Crippen molar-refractivity contribution in [3.8, 4) is 5.75 Å². The minimum atomic E-state index is -3.82. The zero-order chi connectivity index (χ0) is 27.3. The number of carbonyl (C=O) groups is 1. The molecule has 1 heterocycles. The molecule has 1 aliphatic carbocycles. The Hall–Kier alpha value is -2.62. The van der Waals surface area contributed by atoms with Gasteiger partial charge in [0.2, 0.25) is 0 Å². The molecule has 8 nitrogen and oxygen atoms in total. The molecule has 1 fully saturated rings. The lowest BCUT2D eigenvalue weighted by Crippen LogP contribution is -2.50. The summed E-state index contributed by atoms with van der Waals surface area (Å²) in [6.45, 7) is 5.91. The average Bonchev–Trinajstić information content (AvgIpc) is 2.91. The van der Waals surface area contributed by atoms with Crippen LogP contribution in [-0.4, -0.2) is 74.7 Å². The topological polar surface area (TPSA) is 99.2 Å². The third-order valence-electron chi connectivity index (χ3n) is 7.76. The Morgan fingerprint density at radius 1 is 1.11 bits per heavy atom. The molecule has 0 aromatic heterocycles. The van der Waals surface area contributed by atoms with Gasteiger partial charge in [0, 0.05) is 31.2 Å². The largest absolute Gasteiger partial charge is 0.488 e. The van der Waals surface area contributed by atoms with Crippen molar-refractivity contribution < 1.29 is 23.1 Å². The molecule has 2 N–H and O–H groups in total. The Balaban J connectivity index is 1.60. The van der Waals surface area contributed by atoms with Gasteiger partial charge in [-0.1, -0.05) is 44.4 Å². The van der Waals surface area contributed by atoms with Crippen molar-refractivity contribution in [1.82, 2.24) is 9.80 Å². The third-order valence-corrected chi connectivity index (χ3v) is 9.15. The Bertz CT molecular complexity index is 1180. The Labute approximate surface area is 227 Å². The van der Waals surface area contributed by atoms with E-state index in [4.69, 9.17) is 4.74 Å². The van der Waals surface area contributed by atoms with Crippen molar-refractivity contribution in [2.45, 2.75) is 63.0 Å². The molecule has 208 valence electrons. The van der Waals surface area contributed by atoms with Crippen LogP contribution in [0, 0.1) is 11.8 Å². The van der Waals surface area contributed by atoms with E-state index in [1.807, 2.05) is 6.92 Å².